The monoisotopic (exact) mass is 342 g/mol. The summed E-state index contributed by atoms with van der Waals surface area (Å²) in [7, 11) is 0. The van der Waals surface area contributed by atoms with Crippen LogP contribution in [0.15, 0.2) is 0 Å². The van der Waals surface area contributed by atoms with E-state index in [0.29, 0.717) is 10.2 Å². The zero-order valence-corrected chi connectivity index (χ0v) is 15.0. The fraction of sp³-hybridized carbons (Fsp3) is 1.00. The van der Waals surface area contributed by atoms with Crippen LogP contribution in [0.2, 0.25) is 0 Å². The Bertz CT molecular complexity index is 364. The van der Waals surface area contributed by atoms with Gasteiger partial charge in [0, 0.05) is 4.83 Å². The maximum Gasteiger partial charge on any atom is 0.0622 e. The Morgan fingerprint density at radius 3 is 2.10 bits per heavy atom. The van der Waals surface area contributed by atoms with Crippen LogP contribution in [0.3, 0.4) is 0 Å². The van der Waals surface area contributed by atoms with Crippen molar-refractivity contribution < 1.29 is 5.11 Å². The molecule has 2 unspecified atom stereocenters. The molecule has 20 heavy (non-hydrogen) atoms. The maximum absolute atomic E-state index is 10.4. The lowest BCUT2D eigenvalue weighted by atomic mass is 9.52. The van der Waals surface area contributed by atoms with Crippen LogP contribution < -0.4 is 0 Å². The second-order valence-corrected chi connectivity index (χ2v) is 10.1. The molecule has 0 bridgehead atoms. The third-order valence-corrected chi connectivity index (χ3v) is 8.23. The largest absolute Gasteiger partial charge is 0.390 e. The lowest BCUT2D eigenvalue weighted by Gasteiger charge is -2.54. The van der Waals surface area contributed by atoms with E-state index in [1.54, 1.807) is 0 Å². The first-order chi connectivity index (χ1) is 9.31. The van der Waals surface area contributed by atoms with E-state index in [0.717, 1.165) is 36.5 Å². The third kappa shape index (κ3) is 2.72. The van der Waals surface area contributed by atoms with Gasteiger partial charge in [-0.3, -0.25) is 0 Å². The summed E-state index contributed by atoms with van der Waals surface area (Å²) in [6.45, 7) is 6.88. The molecular formula is C18H31BrO. The summed E-state index contributed by atoms with van der Waals surface area (Å²) in [5.41, 5.74) is 0.135. The Kier molecular flexibility index (Phi) is 4.04. The molecule has 0 amide bonds. The number of rotatable bonds is 1. The second-order valence-electron chi connectivity index (χ2n) is 8.68. The highest BCUT2D eigenvalue weighted by Gasteiger charge is 2.49. The molecule has 0 aromatic carbocycles. The highest BCUT2D eigenvalue weighted by Crippen LogP contribution is 2.57. The lowest BCUT2D eigenvalue weighted by Crippen LogP contribution is -2.47. The lowest BCUT2D eigenvalue weighted by molar-refractivity contribution is -0.0776. The van der Waals surface area contributed by atoms with Gasteiger partial charge in [0.15, 0.2) is 0 Å². The smallest absolute Gasteiger partial charge is 0.0622 e. The molecule has 0 aromatic rings. The van der Waals surface area contributed by atoms with Gasteiger partial charge in [-0.05, 0) is 87.4 Å². The van der Waals surface area contributed by atoms with Gasteiger partial charge in [-0.2, -0.15) is 0 Å². The van der Waals surface area contributed by atoms with Crippen LogP contribution in [0.1, 0.15) is 72.1 Å². The summed E-state index contributed by atoms with van der Waals surface area (Å²) in [6.07, 6.45) is 10.4. The zero-order chi connectivity index (χ0) is 14.5. The van der Waals surface area contributed by atoms with Gasteiger partial charge in [0.25, 0.3) is 0 Å². The van der Waals surface area contributed by atoms with Gasteiger partial charge in [0.05, 0.1) is 5.60 Å². The van der Waals surface area contributed by atoms with Gasteiger partial charge >= 0.3 is 0 Å². The Balaban J connectivity index is 1.71. The van der Waals surface area contributed by atoms with E-state index in [-0.39, 0.29) is 5.60 Å². The molecule has 116 valence electrons. The highest BCUT2D eigenvalue weighted by atomic mass is 79.9. The van der Waals surface area contributed by atoms with Crippen LogP contribution in [-0.2, 0) is 0 Å². The summed E-state index contributed by atoms with van der Waals surface area (Å²) in [6, 6.07) is 0. The van der Waals surface area contributed by atoms with Crippen LogP contribution in [0.25, 0.3) is 0 Å². The molecule has 7 atom stereocenters. The number of halogens is 1. The van der Waals surface area contributed by atoms with Gasteiger partial charge in [-0.15, -0.1) is 0 Å². The van der Waals surface area contributed by atoms with Crippen molar-refractivity contribution in [3.63, 3.8) is 0 Å². The second kappa shape index (κ2) is 5.26. The van der Waals surface area contributed by atoms with E-state index < -0.39 is 0 Å². The quantitative estimate of drug-likeness (QED) is 0.653. The molecule has 3 fully saturated rings. The fourth-order valence-electron chi connectivity index (χ4n) is 5.67. The fourth-order valence-corrected chi connectivity index (χ4v) is 6.08. The minimum atomic E-state index is -0.373. The van der Waals surface area contributed by atoms with E-state index >= 15 is 0 Å². The van der Waals surface area contributed by atoms with Crippen molar-refractivity contribution in [3.8, 4) is 0 Å². The first-order valence-corrected chi connectivity index (χ1v) is 9.59. The van der Waals surface area contributed by atoms with Crippen molar-refractivity contribution in [1.82, 2.24) is 0 Å². The summed E-state index contributed by atoms with van der Waals surface area (Å²) in [4.78, 5) is 0.640. The van der Waals surface area contributed by atoms with E-state index in [2.05, 4.69) is 36.7 Å². The number of fused-ring (bicyclic) bond motifs is 3. The highest BCUT2D eigenvalue weighted by molar-refractivity contribution is 9.09. The van der Waals surface area contributed by atoms with Crippen molar-refractivity contribution in [2.24, 2.45) is 29.1 Å². The average Bonchev–Trinajstić information content (AvgIpc) is 2.37. The minimum absolute atomic E-state index is 0.373. The number of alkyl halides is 1. The van der Waals surface area contributed by atoms with Crippen molar-refractivity contribution in [3.05, 3.63) is 0 Å². The molecule has 0 saturated heterocycles. The summed E-state index contributed by atoms with van der Waals surface area (Å²) >= 11 is 3.86. The predicted octanol–water partition coefficient (Wildman–Crippen LogP) is 5.15. The Morgan fingerprint density at radius 2 is 1.50 bits per heavy atom. The molecule has 0 spiro atoms. The molecule has 0 heterocycles. The standard InChI is InChI=1S/C18H31BrO/c1-12(19)17(2)8-6-15-13(10-17)4-5-14-11-18(3,20)9-7-16(14)15/h12-16,20H,4-11H2,1-3H3/t12?,13?,14-,15+,16+,17+,18-/m1/s1. The van der Waals surface area contributed by atoms with Crippen LogP contribution in [0, 0.1) is 29.1 Å². The molecular weight excluding hydrogens is 312 g/mol. The molecule has 0 aliphatic heterocycles. The first-order valence-electron chi connectivity index (χ1n) is 8.67. The molecule has 3 rings (SSSR count). The van der Waals surface area contributed by atoms with Gasteiger partial charge in [-0.1, -0.05) is 29.8 Å². The molecule has 1 nitrogen and oxygen atoms in total. The molecule has 0 radical (unpaired) electrons. The Labute approximate surface area is 133 Å². The average molecular weight is 343 g/mol. The number of hydrogen-bond donors (Lipinski definition) is 1. The molecule has 3 saturated carbocycles. The first kappa shape index (κ1) is 15.3. The van der Waals surface area contributed by atoms with Gasteiger partial charge in [-0.25, -0.2) is 0 Å². The molecule has 0 aromatic heterocycles. The SMILES string of the molecule is CC(Br)[C@@]1(C)CC[C@H]2C(CC[C@@H]3C[C@](C)(O)CC[C@@H]32)C1. The van der Waals surface area contributed by atoms with Crippen LogP contribution in [0.4, 0.5) is 0 Å². The maximum atomic E-state index is 10.4. The van der Waals surface area contributed by atoms with Crippen LogP contribution in [-0.4, -0.2) is 15.5 Å². The molecule has 3 aliphatic rings. The topological polar surface area (TPSA) is 20.2 Å². The van der Waals surface area contributed by atoms with E-state index in [4.69, 9.17) is 0 Å². The Morgan fingerprint density at radius 1 is 0.950 bits per heavy atom. The molecule has 1 N–H and O–H groups in total. The van der Waals surface area contributed by atoms with E-state index in [1.807, 2.05) is 0 Å². The van der Waals surface area contributed by atoms with E-state index in [1.165, 1.54) is 38.5 Å². The van der Waals surface area contributed by atoms with Crippen molar-refractivity contribution in [1.29, 1.82) is 0 Å². The number of hydrogen-bond acceptors (Lipinski definition) is 1. The van der Waals surface area contributed by atoms with Gasteiger partial charge in [0.2, 0.25) is 0 Å². The normalized spacial score (nSPS) is 53.9. The van der Waals surface area contributed by atoms with Gasteiger partial charge in [0.1, 0.15) is 0 Å². The van der Waals surface area contributed by atoms with Crippen molar-refractivity contribution in [2.45, 2.75) is 82.6 Å². The summed E-state index contributed by atoms with van der Waals surface area (Å²) < 4.78 is 0. The predicted molar refractivity (Wildman–Crippen MR) is 88.0 cm³/mol. The van der Waals surface area contributed by atoms with Crippen molar-refractivity contribution >= 4 is 15.9 Å². The zero-order valence-electron chi connectivity index (χ0n) is 13.4. The third-order valence-electron chi connectivity index (χ3n) is 7.13. The Hall–Kier alpha value is 0.440. The van der Waals surface area contributed by atoms with Gasteiger partial charge < -0.3 is 5.11 Å². The molecule has 2 heteroatoms. The molecule has 3 aliphatic carbocycles. The number of aliphatic hydroxyl groups is 1. The van der Waals surface area contributed by atoms with Crippen LogP contribution >= 0.6 is 15.9 Å². The summed E-state index contributed by atoms with van der Waals surface area (Å²) in [5.74, 6) is 3.65. The van der Waals surface area contributed by atoms with E-state index in [9.17, 15) is 5.11 Å². The van der Waals surface area contributed by atoms with Crippen molar-refractivity contribution in [2.75, 3.05) is 0 Å². The minimum Gasteiger partial charge on any atom is -0.390 e. The van der Waals surface area contributed by atoms with Crippen LogP contribution in [0.5, 0.6) is 0 Å². The summed E-state index contributed by atoms with van der Waals surface area (Å²) in [5, 5.41) is 10.4.